The molecule has 1 atom stereocenters. The maximum atomic E-state index is 9.81. The third kappa shape index (κ3) is 5.41. The zero-order valence-electron chi connectivity index (χ0n) is 13.0. The lowest BCUT2D eigenvalue weighted by Gasteiger charge is -2.33. The number of nitrogens with zero attached hydrogens (tertiary/aromatic N) is 1. The monoisotopic (exact) mass is 328 g/mol. The summed E-state index contributed by atoms with van der Waals surface area (Å²) in [5, 5.41) is 23.7. The average molecular weight is 329 g/mol. The highest BCUT2D eigenvalue weighted by molar-refractivity contribution is 6.30. The molecule has 5 nitrogen and oxygen atoms in total. The lowest BCUT2D eigenvalue weighted by molar-refractivity contribution is 0.0310. The van der Waals surface area contributed by atoms with Crippen LogP contribution in [0.15, 0.2) is 18.2 Å². The van der Waals surface area contributed by atoms with Crippen LogP contribution in [0.1, 0.15) is 18.4 Å². The van der Waals surface area contributed by atoms with Crippen molar-refractivity contribution in [3.8, 4) is 5.75 Å². The number of piperidine rings is 1. The van der Waals surface area contributed by atoms with E-state index >= 15 is 0 Å². The molecule has 2 rings (SSSR count). The first-order chi connectivity index (χ1) is 10.6. The number of β-amino-alcohol motifs (C(OH)–C–C–N with tert-alkyl or cyclic N) is 1. The van der Waals surface area contributed by atoms with Crippen LogP contribution < -0.4 is 5.32 Å². The number of aliphatic hydroxyl groups excluding tert-OH is 1. The van der Waals surface area contributed by atoms with Crippen molar-refractivity contribution < 1.29 is 14.9 Å². The van der Waals surface area contributed by atoms with Crippen LogP contribution in [0.3, 0.4) is 0 Å². The van der Waals surface area contributed by atoms with Crippen molar-refractivity contribution in [1.29, 1.82) is 0 Å². The second-order valence-electron chi connectivity index (χ2n) is 5.84. The molecule has 1 aromatic rings. The molecule has 0 spiro atoms. The van der Waals surface area contributed by atoms with Gasteiger partial charge in [0, 0.05) is 36.8 Å². The maximum absolute atomic E-state index is 9.81. The molecule has 1 aromatic carbocycles. The summed E-state index contributed by atoms with van der Waals surface area (Å²) in [6, 6.07) is 5.53. The topological polar surface area (TPSA) is 65.0 Å². The molecule has 1 saturated heterocycles. The average Bonchev–Trinajstić information content (AvgIpc) is 2.50. The van der Waals surface area contributed by atoms with E-state index in [1.54, 1.807) is 25.3 Å². The summed E-state index contributed by atoms with van der Waals surface area (Å²) in [5.41, 5.74) is 0.824. The van der Waals surface area contributed by atoms with Crippen LogP contribution in [-0.4, -0.2) is 60.6 Å². The van der Waals surface area contributed by atoms with Gasteiger partial charge in [-0.25, -0.2) is 0 Å². The Hall–Kier alpha value is -0.850. The van der Waals surface area contributed by atoms with Crippen molar-refractivity contribution in [2.75, 3.05) is 33.4 Å². The molecule has 0 amide bonds. The Kier molecular flexibility index (Phi) is 6.92. The molecule has 1 unspecified atom stereocenters. The Morgan fingerprint density at radius 2 is 2.14 bits per heavy atom. The summed E-state index contributed by atoms with van der Waals surface area (Å²) in [6.07, 6.45) is 1.64. The molecule has 6 heteroatoms. The number of phenolic OH excluding ortho intramolecular Hbond substituents is 1. The maximum Gasteiger partial charge on any atom is 0.120 e. The Morgan fingerprint density at radius 3 is 2.82 bits per heavy atom. The van der Waals surface area contributed by atoms with E-state index in [0.717, 1.165) is 31.5 Å². The number of nitrogens with one attached hydrogen (secondary N) is 1. The van der Waals surface area contributed by atoms with Gasteiger partial charge in [0.15, 0.2) is 0 Å². The van der Waals surface area contributed by atoms with Crippen molar-refractivity contribution in [3.05, 3.63) is 28.8 Å². The van der Waals surface area contributed by atoms with Crippen LogP contribution in [0.25, 0.3) is 0 Å². The quantitative estimate of drug-likeness (QED) is 0.709. The SMILES string of the molecule is COCC(O)CN1CCC(NCc2cc(Cl)ccc2O)CC1. The van der Waals surface area contributed by atoms with Crippen LogP contribution in [-0.2, 0) is 11.3 Å². The summed E-state index contributed by atoms with van der Waals surface area (Å²) in [7, 11) is 1.60. The summed E-state index contributed by atoms with van der Waals surface area (Å²) in [4.78, 5) is 2.26. The van der Waals surface area contributed by atoms with E-state index in [-0.39, 0.29) is 5.75 Å². The number of halogens is 1. The number of aromatic hydroxyl groups is 1. The molecule has 1 aliphatic rings. The predicted molar refractivity (Wildman–Crippen MR) is 87.3 cm³/mol. The number of likely N-dealkylation sites (tertiary alicyclic amines) is 1. The predicted octanol–water partition coefficient (Wildman–Crippen LogP) is 1.61. The third-order valence-electron chi connectivity index (χ3n) is 4.04. The zero-order valence-corrected chi connectivity index (χ0v) is 13.7. The summed E-state index contributed by atoms with van der Waals surface area (Å²) in [6.45, 7) is 3.57. The van der Waals surface area contributed by atoms with E-state index in [0.29, 0.717) is 30.8 Å². The summed E-state index contributed by atoms with van der Waals surface area (Å²) >= 11 is 5.95. The van der Waals surface area contributed by atoms with Crippen molar-refractivity contribution in [2.45, 2.75) is 31.5 Å². The number of aliphatic hydroxyl groups is 1. The van der Waals surface area contributed by atoms with E-state index in [1.807, 2.05) is 0 Å². The minimum Gasteiger partial charge on any atom is -0.508 e. The molecule has 22 heavy (non-hydrogen) atoms. The van der Waals surface area contributed by atoms with Gasteiger partial charge < -0.3 is 25.2 Å². The van der Waals surface area contributed by atoms with Crippen molar-refractivity contribution in [2.24, 2.45) is 0 Å². The fourth-order valence-corrected chi connectivity index (χ4v) is 3.01. The molecule has 0 radical (unpaired) electrons. The van der Waals surface area contributed by atoms with Gasteiger partial charge in [0.05, 0.1) is 12.7 Å². The molecule has 1 aliphatic heterocycles. The molecular formula is C16H25ClN2O3. The van der Waals surface area contributed by atoms with Gasteiger partial charge >= 0.3 is 0 Å². The first kappa shape index (κ1) is 17.5. The number of ether oxygens (including phenoxy) is 1. The fraction of sp³-hybridized carbons (Fsp3) is 0.625. The molecule has 0 saturated carbocycles. The number of rotatable bonds is 7. The number of methoxy groups -OCH3 is 1. The van der Waals surface area contributed by atoms with Crippen molar-refractivity contribution in [3.63, 3.8) is 0 Å². The normalized spacial score (nSPS) is 18.5. The molecule has 0 aliphatic carbocycles. The van der Waals surface area contributed by atoms with Crippen LogP contribution in [0.2, 0.25) is 5.02 Å². The molecular weight excluding hydrogens is 304 g/mol. The van der Waals surface area contributed by atoms with Gasteiger partial charge in [-0.05, 0) is 44.1 Å². The number of benzene rings is 1. The fourth-order valence-electron chi connectivity index (χ4n) is 2.81. The first-order valence-corrected chi connectivity index (χ1v) is 8.06. The van der Waals surface area contributed by atoms with Crippen LogP contribution in [0.5, 0.6) is 5.75 Å². The van der Waals surface area contributed by atoms with Crippen molar-refractivity contribution >= 4 is 11.6 Å². The summed E-state index contributed by atoms with van der Waals surface area (Å²) < 4.78 is 4.95. The Morgan fingerprint density at radius 1 is 1.41 bits per heavy atom. The largest absolute Gasteiger partial charge is 0.508 e. The van der Waals surface area contributed by atoms with Gasteiger partial charge in [-0.2, -0.15) is 0 Å². The molecule has 0 bridgehead atoms. The molecule has 3 N–H and O–H groups in total. The van der Waals surface area contributed by atoms with Gasteiger partial charge in [-0.1, -0.05) is 11.6 Å². The molecule has 0 aromatic heterocycles. The number of hydrogen-bond acceptors (Lipinski definition) is 5. The lowest BCUT2D eigenvalue weighted by atomic mass is 10.0. The highest BCUT2D eigenvalue weighted by Crippen LogP contribution is 2.22. The van der Waals surface area contributed by atoms with Crippen LogP contribution in [0.4, 0.5) is 0 Å². The number of hydrogen-bond donors (Lipinski definition) is 3. The summed E-state index contributed by atoms with van der Waals surface area (Å²) in [5.74, 6) is 0.275. The Labute approximate surface area is 136 Å². The van der Waals surface area contributed by atoms with Crippen LogP contribution >= 0.6 is 11.6 Å². The van der Waals surface area contributed by atoms with E-state index in [1.165, 1.54) is 0 Å². The van der Waals surface area contributed by atoms with E-state index in [2.05, 4.69) is 10.2 Å². The van der Waals surface area contributed by atoms with Gasteiger partial charge in [-0.3, -0.25) is 0 Å². The standard InChI is InChI=1S/C16H25ClN2O3/c1-22-11-15(20)10-19-6-4-14(5-7-19)18-9-12-8-13(17)2-3-16(12)21/h2-3,8,14-15,18,20-21H,4-7,9-11H2,1H3. The molecule has 1 fully saturated rings. The third-order valence-corrected chi connectivity index (χ3v) is 4.27. The first-order valence-electron chi connectivity index (χ1n) is 7.68. The van der Waals surface area contributed by atoms with Gasteiger partial charge in [0.2, 0.25) is 0 Å². The zero-order chi connectivity index (χ0) is 15.9. The van der Waals surface area contributed by atoms with Crippen LogP contribution in [0, 0.1) is 0 Å². The second kappa shape index (κ2) is 8.70. The highest BCUT2D eigenvalue weighted by Gasteiger charge is 2.20. The number of phenols is 1. The van der Waals surface area contributed by atoms with Crippen molar-refractivity contribution in [1.82, 2.24) is 10.2 Å². The lowest BCUT2D eigenvalue weighted by Crippen LogP contribution is -2.45. The smallest absolute Gasteiger partial charge is 0.120 e. The van der Waals surface area contributed by atoms with Gasteiger partial charge in [0.1, 0.15) is 5.75 Å². The minimum atomic E-state index is -0.419. The van der Waals surface area contributed by atoms with Gasteiger partial charge in [-0.15, -0.1) is 0 Å². The minimum absolute atomic E-state index is 0.275. The Bertz CT molecular complexity index is 465. The van der Waals surface area contributed by atoms with E-state index in [4.69, 9.17) is 16.3 Å². The molecule has 124 valence electrons. The second-order valence-corrected chi connectivity index (χ2v) is 6.27. The van der Waals surface area contributed by atoms with Gasteiger partial charge in [0.25, 0.3) is 0 Å². The highest BCUT2D eigenvalue weighted by atomic mass is 35.5. The van der Waals surface area contributed by atoms with E-state index < -0.39 is 6.10 Å². The molecule has 1 heterocycles. The Balaban J connectivity index is 1.72. The van der Waals surface area contributed by atoms with E-state index in [9.17, 15) is 10.2 Å².